The molecule has 1 aromatic carbocycles. The molecule has 0 saturated carbocycles. The van der Waals surface area contributed by atoms with Crippen LogP contribution < -0.4 is 22.3 Å². The van der Waals surface area contributed by atoms with Crippen LogP contribution in [0, 0.1) is 5.92 Å². The topological polar surface area (TPSA) is 29.1 Å². The highest BCUT2D eigenvalue weighted by Crippen LogP contribution is 2.35. The Balaban J connectivity index is 0.00000176. The van der Waals surface area contributed by atoms with E-state index < -0.39 is 0 Å². The Bertz CT molecular complexity index is 483. The maximum absolute atomic E-state index is 11.9. The van der Waals surface area contributed by atoms with Crippen molar-refractivity contribution in [2.45, 2.75) is 45.2 Å². The Hall–Kier alpha value is -0.870. The molecular formula is C18H27BrN2O. The fourth-order valence-electron chi connectivity index (χ4n) is 4.15. The van der Waals surface area contributed by atoms with Crippen LogP contribution in [-0.2, 0) is 11.3 Å². The minimum atomic E-state index is 0. The first-order valence-electron chi connectivity index (χ1n) is 8.39. The Labute approximate surface area is 144 Å². The highest BCUT2D eigenvalue weighted by Gasteiger charge is 2.46. The number of quaternary nitrogens is 1. The molecule has 1 atom stereocenters. The first kappa shape index (κ1) is 17.5. The van der Waals surface area contributed by atoms with Crippen LogP contribution in [0.3, 0.4) is 0 Å². The summed E-state index contributed by atoms with van der Waals surface area (Å²) in [5.74, 6) is 0.954. The quantitative estimate of drug-likeness (QED) is 0.713. The molecule has 4 heteroatoms. The zero-order valence-corrected chi connectivity index (χ0v) is 15.0. The summed E-state index contributed by atoms with van der Waals surface area (Å²) in [5, 5.41) is 3.31. The molecule has 1 unspecified atom stereocenters. The van der Waals surface area contributed by atoms with E-state index in [4.69, 9.17) is 0 Å². The van der Waals surface area contributed by atoms with Crippen LogP contribution in [0.25, 0.3) is 0 Å². The first-order valence-corrected chi connectivity index (χ1v) is 8.39. The highest BCUT2D eigenvalue weighted by molar-refractivity contribution is 5.76. The average Bonchev–Trinajstić information content (AvgIpc) is 2.49. The van der Waals surface area contributed by atoms with Gasteiger partial charge < -0.3 is 26.8 Å². The lowest BCUT2D eigenvalue weighted by atomic mass is 9.81. The van der Waals surface area contributed by atoms with E-state index in [0.29, 0.717) is 18.4 Å². The molecule has 4 rings (SSSR count). The molecule has 0 aliphatic carbocycles. The predicted molar refractivity (Wildman–Crippen MR) is 84.6 cm³/mol. The van der Waals surface area contributed by atoms with E-state index in [-0.39, 0.29) is 22.9 Å². The van der Waals surface area contributed by atoms with E-state index >= 15 is 0 Å². The molecule has 122 valence electrons. The van der Waals surface area contributed by atoms with Crippen molar-refractivity contribution >= 4 is 5.91 Å². The van der Waals surface area contributed by atoms with E-state index in [1.165, 1.54) is 31.5 Å². The molecule has 0 aromatic heterocycles. The molecule has 0 radical (unpaired) electrons. The number of benzene rings is 1. The van der Waals surface area contributed by atoms with E-state index in [1.807, 2.05) is 0 Å². The number of rotatable bonds is 5. The Kier molecular flexibility index (Phi) is 6.04. The van der Waals surface area contributed by atoms with Gasteiger partial charge in [-0.1, -0.05) is 37.3 Å². The second-order valence-electron chi connectivity index (χ2n) is 6.88. The van der Waals surface area contributed by atoms with E-state index in [2.05, 4.69) is 42.6 Å². The minimum absolute atomic E-state index is 0. The summed E-state index contributed by atoms with van der Waals surface area (Å²) in [4.78, 5) is 11.9. The van der Waals surface area contributed by atoms with Crippen LogP contribution in [0.15, 0.2) is 30.3 Å². The lowest BCUT2D eigenvalue weighted by Crippen LogP contribution is -3.00. The van der Waals surface area contributed by atoms with Gasteiger partial charge in [-0.3, -0.25) is 4.79 Å². The fourth-order valence-corrected chi connectivity index (χ4v) is 4.15. The van der Waals surface area contributed by atoms with Crippen LogP contribution in [0.5, 0.6) is 0 Å². The number of halogens is 1. The summed E-state index contributed by atoms with van der Waals surface area (Å²) in [6.45, 7) is 6.86. The SMILES string of the molecule is CCCC(=O)NC1C[N+]2(Cc3ccccc3)CCC1CC2.[Br-]. The molecule has 1 aromatic rings. The zero-order valence-electron chi connectivity index (χ0n) is 13.4. The third-order valence-corrected chi connectivity index (χ3v) is 5.29. The molecule has 3 fully saturated rings. The van der Waals surface area contributed by atoms with Gasteiger partial charge >= 0.3 is 0 Å². The summed E-state index contributed by atoms with van der Waals surface area (Å²) in [7, 11) is 0. The summed E-state index contributed by atoms with van der Waals surface area (Å²) < 4.78 is 1.16. The number of carbonyl (C=O) groups is 1. The zero-order chi connectivity index (χ0) is 14.7. The summed E-state index contributed by atoms with van der Waals surface area (Å²) in [6.07, 6.45) is 4.14. The lowest BCUT2D eigenvalue weighted by Gasteiger charge is -2.52. The highest BCUT2D eigenvalue weighted by atomic mass is 79.9. The van der Waals surface area contributed by atoms with Crippen LogP contribution in [0.2, 0.25) is 0 Å². The van der Waals surface area contributed by atoms with E-state index in [0.717, 1.165) is 24.0 Å². The van der Waals surface area contributed by atoms with Crippen LogP contribution >= 0.6 is 0 Å². The Morgan fingerprint density at radius 1 is 1.23 bits per heavy atom. The number of nitrogens with one attached hydrogen (secondary N) is 1. The van der Waals surface area contributed by atoms with Gasteiger partial charge in [-0.2, -0.15) is 0 Å². The standard InChI is InChI=1S/C18H26N2O.BrH/c1-2-6-18(21)19-17-14-20(11-9-16(17)10-12-20)13-15-7-4-3-5-8-15;/h3-5,7-8,16-17H,2,6,9-14H2,1H3;1H. The van der Waals surface area contributed by atoms with Gasteiger partial charge in [-0.25, -0.2) is 0 Å². The predicted octanol–water partition coefficient (Wildman–Crippen LogP) is -0.284. The molecular weight excluding hydrogens is 340 g/mol. The van der Waals surface area contributed by atoms with Gasteiger partial charge in [0, 0.05) is 24.8 Å². The second kappa shape index (κ2) is 7.60. The van der Waals surface area contributed by atoms with Crippen molar-refractivity contribution in [1.29, 1.82) is 0 Å². The Morgan fingerprint density at radius 2 is 1.91 bits per heavy atom. The molecule has 1 amide bonds. The molecule has 3 saturated heterocycles. The largest absolute Gasteiger partial charge is 1.00 e. The number of piperidine rings is 3. The molecule has 22 heavy (non-hydrogen) atoms. The monoisotopic (exact) mass is 366 g/mol. The van der Waals surface area contributed by atoms with Gasteiger partial charge in [0.15, 0.2) is 0 Å². The third-order valence-electron chi connectivity index (χ3n) is 5.29. The van der Waals surface area contributed by atoms with Crippen molar-refractivity contribution in [3.05, 3.63) is 35.9 Å². The van der Waals surface area contributed by atoms with Crippen molar-refractivity contribution in [2.75, 3.05) is 19.6 Å². The van der Waals surface area contributed by atoms with Crippen molar-refractivity contribution < 1.29 is 26.3 Å². The number of hydrogen-bond acceptors (Lipinski definition) is 1. The molecule has 3 aliphatic rings. The number of carbonyl (C=O) groups excluding carboxylic acids is 1. The van der Waals surface area contributed by atoms with Gasteiger partial charge in [0.1, 0.15) is 6.54 Å². The number of hydrogen-bond donors (Lipinski definition) is 1. The normalized spacial score (nSPS) is 29.7. The number of fused-ring (bicyclic) bond motifs is 3. The third kappa shape index (κ3) is 3.90. The first-order chi connectivity index (χ1) is 10.2. The minimum Gasteiger partial charge on any atom is -1.00 e. The van der Waals surface area contributed by atoms with Crippen molar-refractivity contribution in [3.8, 4) is 0 Å². The molecule has 3 nitrogen and oxygen atoms in total. The van der Waals surface area contributed by atoms with E-state index in [9.17, 15) is 4.79 Å². The fraction of sp³-hybridized carbons (Fsp3) is 0.611. The van der Waals surface area contributed by atoms with Gasteiger partial charge in [0.2, 0.25) is 5.91 Å². The smallest absolute Gasteiger partial charge is 0.220 e. The average molecular weight is 367 g/mol. The van der Waals surface area contributed by atoms with Gasteiger partial charge in [-0.15, -0.1) is 0 Å². The number of amides is 1. The second-order valence-corrected chi connectivity index (χ2v) is 6.88. The van der Waals surface area contributed by atoms with Crippen LogP contribution in [0.1, 0.15) is 38.2 Å². The van der Waals surface area contributed by atoms with Crippen molar-refractivity contribution in [3.63, 3.8) is 0 Å². The summed E-state index contributed by atoms with van der Waals surface area (Å²) >= 11 is 0. The lowest BCUT2D eigenvalue weighted by molar-refractivity contribution is -0.956. The number of nitrogens with zero attached hydrogens (tertiary/aromatic N) is 1. The maximum Gasteiger partial charge on any atom is 0.220 e. The van der Waals surface area contributed by atoms with Gasteiger partial charge in [0.05, 0.1) is 25.7 Å². The van der Waals surface area contributed by atoms with Gasteiger partial charge in [-0.05, 0) is 12.3 Å². The summed E-state index contributed by atoms with van der Waals surface area (Å²) in [5.41, 5.74) is 1.43. The molecule has 3 heterocycles. The molecule has 1 N–H and O–H groups in total. The maximum atomic E-state index is 11.9. The molecule has 0 spiro atoms. The van der Waals surface area contributed by atoms with Crippen LogP contribution in [-0.4, -0.2) is 36.1 Å². The van der Waals surface area contributed by atoms with Crippen LogP contribution in [0.4, 0.5) is 0 Å². The van der Waals surface area contributed by atoms with Crippen molar-refractivity contribution in [1.82, 2.24) is 5.32 Å². The van der Waals surface area contributed by atoms with E-state index in [1.54, 1.807) is 0 Å². The molecule has 3 aliphatic heterocycles. The van der Waals surface area contributed by atoms with Gasteiger partial charge in [0.25, 0.3) is 0 Å². The Morgan fingerprint density at radius 3 is 2.55 bits per heavy atom. The van der Waals surface area contributed by atoms with Crippen molar-refractivity contribution in [2.24, 2.45) is 5.92 Å². The summed E-state index contributed by atoms with van der Waals surface area (Å²) in [6, 6.07) is 11.2. The molecule has 2 bridgehead atoms.